The molecule has 0 aromatic rings. The molecule has 0 saturated heterocycles. The SMILES string of the molecule is [CH2]CC(OCC)C(C)C. The van der Waals surface area contributed by atoms with Crippen molar-refractivity contribution < 1.29 is 4.74 Å². The third kappa shape index (κ3) is 3.52. The van der Waals surface area contributed by atoms with E-state index in [0.29, 0.717) is 12.0 Å². The summed E-state index contributed by atoms with van der Waals surface area (Å²) in [5.41, 5.74) is 0. The fourth-order valence-corrected chi connectivity index (χ4v) is 0.823. The Morgan fingerprint density at radius 1 is 1.44 bits per heavy atom. The third-order valence-corrected chi connectivity index (χ3v) is 1.41. The molecule has 0 bridgehead atoms. The molecule has 0 spiro atoms. The van der Waals surface area contributed by atoms with Crippen LogP contribution in [0.5, 0.6) is 0 Å². The Bertz CT molecular complexity index is 59.6. The number of ether oxygens (including phenoxy) is 1. The van der Waals surface area contributed by atoms with Crippen LogP contribution in [0.3, 0.4) is 0 Å². The molecule has 0 aromatic carbocycles. The van der Waals surface area contributed by atoms with E-state index in [-0.39, 0.29) is 0 Å². The molecule has 0 aliphatic heterocycles. The molecule has 0 aromatic heterocycles. The first-order valence-corrected chi connectivity index (χ1v) is 3.63. The molecule has 0 aliphatic carbocycles. The van der Waals surface area contributed by atoms with Crippen LogP contribution in [0.2, 0.25) is 0 Å². The fourth-order valence-electron chi connectivity index (χ4n) is 0.823. The number of rotatable bonds is 4. The molecule has 1 unspecified atom stereocenters. The van der Waals surface area contributed by atoms with Gasteiger partial charge in [0.25, 0.3) is 0 Å². The van der Waals surface area contributed by atoms with Crippen molar-refractivity contribution >= 4 is 0 Å². The van der Waals surface area contributed by atoms with E-state index >= 15 is 0 Å². The summed E-state index contributed by atoms with van der Waals surface area (Å²) in [5, 5.41) is 0. The van der Waals surface area contributed by atoms with Crippen LogP contribution in [0.4, 0.5) is 0 Å². The highest BCUT2D eigenvalue weighted by atomic mass is 16.5. The highest BCUT2D eigenvalue weighted by molar-refractivity contribution is 4.62. The van der Waals surface area contributed by atoms with Crippen molar-refractivity contribution in [2.45, 2.75) is 33.3 Å². The standard InChI is InChI=1S/C8H17O/c1-5-8(7(3)4)9-6-2/h7-8H,1,5-6H2,2-4H3. The zero-order valence-corrected chi connectivity index (χ0v) is 6.68. The van der Waals surface area contributed by atoms with Crippen molar-refractivity contribution in [1.29, 1.82) is 0 Å². The largest absolute Gasteiger partial charge is 0.378 e. The minimum Gasteiger partial charge on any atom is -0.378 e. The maximum atomic E-state index is 5.39. The van der Waals surface area contributed by atoms with Crippen LogP contribution in [0.1, 0.15) is 27.2 Å². The normalized spacial score (nSPS) is 14.3. The van der Waals surface area contributed by atoms with Crippen molar-refractivity contribution in [3.8, 4) is 0 Å². The van der Waals surface area contributed by atoms with Gasteiger partial charge in [-0.2, -0.15) is 0 Å². The summed E-state index contributed by atoms with van der Waals surface area (Å²) >= 11 is 0. The average Bonchev–Trinajstić information content (AvgIpc) is 1.82. The van der Waals surface area contributed by atoms with Gasteiger partial charge in [-0.05, 0) is 19.3 Å². The van der Waals surface area contributed by atoms with Gasteiger partial charge in [-0.1, -0.05) is 20.8 Å². The molecule has 0 heterocycles. The van der Waals surface area contributed by atoms with Crippen molar-refractivity contribution in [3.05, 3.63) is 6.92 Å². The molecule has 1 heteroatoms. The minimum absolute atomic E-state index is 0.356. The maximum absolute atomic E-state index is 5.39. The Balaban J connectivity index is 3.41. The van der Waals surface area contributed by atoms with Gasteiger partial charge >= 0.3 is 0 Å². The van der Waals surface area contributed by atoms with E-state index in [9.17, 15) is 0 Å². The predicted octanol–water partition coefficient (Wildman–Crippen LogP) is 2.27. The topological polar surface area (TPSA) is 9.23 Å². The number of hydrogen-bond acceptors (Lipinski definition) is 1. The summed E-state index contributed by atoms with van der Waals surface area (Å²) in [4.78, 5) is 0. The van der Waals surface area contributed by atoms with Crippen LogP contribution < -0.4 is 0 Å². The lowest BCUT2D eigenvalue weighted by Gasteiger charge is -2.18. The minimum atomic E-state index is 0.356. The first-order valence-electron chi connectivity index (χ1n) is 3.63. The lowest BCUT2D eigenvalue weighted by Crippen LogP contribution is -2.18. The zero-order chi connectivity index (χ0) is 7.28. The second-order valence-electron chi connectivity index (χ2n) is 2.53. The van der Waals surface area contributed by atoms with E-state index in [1.54, 1.807) is 0 Å². The van der Waals surface area contributed by atoms with Crippen LogP contribution in [0, 0.1) is 12.8 Å². The Labute approximate surface area is 58.4 Å². The van der Waals surface area contributed by atoms with E-state index in [1.165, 1.54) is 0 Å². The molecule has 1 radical (unpaired) electrons. The molecule has 1 atom stereocenters. The molecule has 1 nitrogen and oxygen atoms in total. The van der Waals surface area contributed by atoms with Crippen LogP contribution in [-0.4, -0.2) is 12.7 Å². The van der Waals surface area contributed by atoms with Crippen LogP contribution in [-0.2, 0) is 4.74 Å². The summed E-state index contributed by atoms with van der Waals surface area (Å²) in [6.07, 6.45) is 1.24. The van der Waals surface area contributed by atoms with Crippen LogP contribution in [0.15, 0.2) is 0 Å². The van der Waals surface area contributed by atoms with Gasteiger partial charge in [-0.3, -0.25) is 0 Å². The van der Waals surface area contributed by atoms with Crippen molar-refractivity contribution in [3.63, 3.8) is 0 Å². The summed E-state index contributed by atoms with van der Waals surface area (Å²) in [5.74, 6) is 0.599. The average molecular weight is 129 g/mol. The van der Waals surface area contributed by atoms with E-state index in [4.69, 9.17) is 4.74 Å². The highest BCUT2D eigenvalue weighted by Gasteiger charge is 2.08. The smallest absolute Gasteiger partial charge is 0.0597 e. The van der Waals surface area contributed by atoms with Gasteiger partial charge in [0.15, 0.2) is 0 Å². The quantitative estimate of drug-likeness (QED) is 0.565. The summed E-state index contributed by atoms with van der Waals surface area (Å²) in [6.45, 7) is 10.9. The van der Waals surface area contributed by atoms with Gasteiger partial charge in [-0.15, -0.1) is 0 Å². The highest BCUT2D eigenvalue weighted by Crippen LogP contribution is 2.08. The van der Waals surface area contributed by atoms with E-state index < -0.39 is 0 Å². The Morgan fingerprint density at radius 2 is 2.00 bits per heavy atom. The van der Waals surface area contributed by atoms with Gasteiger partial charge in [0.05, 0.1) is 6.10 Å². The van der Waals surface area contributed by atoms with Gasteiger partial charge in [0.2, 0.25) is 0 Å². The zero-order valence-electron chi connectivity index (χ0n) is 6.68. The van der Waals surface area contributed by atoms with E-state index in [0.717, 1.165) is 13.0 Å². The van der Waals surface area contributed by atoms with Gasteiger partial charge in [-0.25, -0.2) is 0 Å². The Morgan fingerprint density at radius 3 is 2.11 bits per heavy atom. The monoisotopic (exact) mass is 129 g/mol. The molecule has 55 valence electrons. The molecule has 0 fully saturated rings. The molecule has 0 aliphatic rings. The maximum Gasteiger partial charge on any atom is 0.0597 e. The number of hydrogen-bond donors (Lipinski definition) is 0. The first kappa shape index (κ1) is 8.96. The molecule has 9 heavy (non-hydrogen) atoms. The summed E-state index contributed by atoms with van der Waals surface area (Å²) < 4.78 is 5.39. The molecule has 0 saturated carbocycles. The van der Waals surface area contributed by atoms with Gasteiger partial charge in [0, 0.05) is 6.61 Å². The Hall–Kier alpha value is -0.0400. The second kappa shape index (κ2) is 4.80. The predicted molar refractivity (Wildman–Crippen MR) is 40.2 cm³/mol. The Kier molecular flexibility index (Phi) is 4.78. The first-order chi connectivity index (χ1) is 4.22. The molecular formula is C8H17O. The lowest BCUT2D eigenvalue weighted by molar-refractivity contribution is 0.0325. The molecule has 0 amide bonds. The molecule has 0 N–H and O–H groups in total. The van der Waals surface area contributed by atoms with Crippen molar-refractivity contribution in [2.24, 2.45) is 5.92 Å². The van der Waals surface area contributed by atoms with Crippen LogP contribution >= 0.6 is 0 Å². The second-order valence-corrected chi connectivity index (χ2v) is 2.53. The van der Waals surface area contributed by atoms with Gasteiger partial charge < -0.3 is 4.74 Å². The van der Waals surface area contributed by atoms with E-state index in [2.05, 4.69) is 20.8 Å². The molecular weight excluding hydrogens is 112 g/mol. The third-order valence-electron chi connectivity index (χ3n) is 1.41. The van der Waals surface area contributed by atoms with Crippen molar-refractivity contribution in [1.82, 2.24) is 0 Å². The lowest BCUT2D eigenvalue weighted by atomic mass is 10.1. The fraction of sp³-hybridized carbons (Fsp3) is 0.875. The molecule has 0 rings (SSSR count). The summed E-state index contributed by atoms with van der Waals surface area (Å²) in [7, 11) is 0. The van der Waals surface area contributed by atoms with Gasteiger partial charge in [0.1, 0.15) is 0 Å². The van der Waals surface area contributed by atoms with E-state index in [1.807, 2.05) is 6.92 Å². The van der Waals surface area contributed by atoms with Crippen LogP contribution in [0.25, 0.3) is 0 Å². The van der Waals surface area contributed by atoms with Crippen molar-refractivity contribution in [2.75, 3.05) is 6.61 Å². The summed E-state index contributed by atoms with van der Waals surface area (Å²) in [6, 6.07) is 0.